The van der Waals surface area contributed by atoms with Crippen LogP contribution in [0.5, 0.6) is 0 Å². The molecule has 3 N–H and O–H groups in total. The molecule has 0 aromatic heterocycles. The third-order valence-corrected chi connectivity index (χ3v) is 4.05. The van der Waals surface area contributed by atoms with Gasteiger partial charge in [0.15, 0.2) is 0 Å². The van der Waals surface area contributed by atoms with E-state index in [2.05, 4.69) is 25.7 Å². The normalized spacial score (nSPS) is 22.1. The summed E-state index contributed by atoms with van der Waals surface area (Å²) in [4.78, 5) is 2.55. The molecular weight excluding hydrogens is 226 g/mol. The van der Waals surface area contributed by atoms with E-state index < -0.39 is 0 Å². The zero-order valence-electron chi connectivity index (χ0n) is 12.2. The Morgan fingerprint density at radius 2 is 2.17 bits per heavy atom. The molecule has 0 aromatic carbocycles. The van der Waals surface area contributed by atoms with Crippen molar-refractivity contribution in [2.45, 2.75) is 52.5 Å². The predicted molar refractivity (Wildman–Crippen MR) is 76.0 cm³/mol. The molecule has 4 heteroatoms. The fraction of sp³-hybridized carbons (Fsp3) is 0.929. The van der Waals surface area contributed by atoms with Crippen LogP contribution >= 0.6 is 0 Å². The lowest BCUT2D eigenvalue weighted by atomic mass is 9.86. The van der Waals surface area contributed by atoms with E-state index in [1.807, 2.05) is 0 Å². The molecule has 106 valence electrons. The molecule has 0 bridgehead atoms. The van der Waals surface area contributed by atoms with Gasteiger partial charge in [-0.3, -0.25) is 10.3 Å². The van der Waals surface area contributed by atoms with Crippen molar-refractivity contribution in [3.63, 3.8) is 0 Å². The Balaban J connectivity index is 2.22. The van der Waals surface area contributed by atoms with Gasteiger partial charge in [-0.2, -0.15) is 0 Å². The molecule has 4 nitrogen and oxygen atoms in total. The Bertz CT molecular complexity index is 266. The Hall–Kier alpha value is -0.610. The van der Waals surface area contributed by atoms with E-state index in [4.69, 9.17) is 15.9 Å². The lowest BCUT2D eigenvalue weighted by Crippen LogP contribution is -2.45. The van der Waals surface area contributed by atoms with Crippen molar-refractivity contribution in [3.05, 3.63) is 0 Å². The number of nitrogens with zero attached hydrogens (tertiary/aromatic N) is 1. The first-order chi connectivity index (χ1) is 8.47. The molecular formula is C14H29N3O. The van der Waals surface area contributed by atoms with E-state index in [0.29, 0.717) is 11.9 Å². The molecule has 1 saturated heterocycles. The molecule has 18 heavy (non-hydrogen) atoms. The number of ether oxygens (including phenoxy) is 1. The van der Waals surface area contributed by atoms with Gasteiger partial charge < -0.3 is 10.5 Å². The van der Waals surface area contributed by atoms with Crippen LogP contribution in [0.15, 0.2) is 0 Å². The Kier molecular flexibility index (Phi) is 6.09. The fourth-order valence-electron chi connectivity index (χ4n) is 2.38. The second kappa shape index (κ2) is 7.10. The molecule has 1 aliphatic rings. The average molecular weight is 255 g/mol. The standard InChI is InChI=1S/C14H29N3O/c1-4-12-11-18-10-9-17(12)8-6-5-7-14(2,3)13(15)16/h12H,4-11H2,1-3H3,(H3,15,16). The van der Waals surface area contributed by atoms with Gasteiger partial charge in [-0.05, 0) is 25.8 Å². The van der Waals surface area contributed by atoms with Crippen LogP contribution in [0.3, 0.4) is 0 Å². The van der Waals surface area contributed by atoms with E-state index in [-0.39, 0.29) is 5.41 Å². The van der Waals surface area contributed by atoms with Crippen LogP contribution < -0.4 is 5.73 Å². The van der Waals surface area contributed by atoms with Crippen LogP contribution in [-0.4, -0.2) is 43.1 Å². The van der Waals surface area contributed by atoms with Crippen molar-refractivity contribution in [1.82, 2.24) is 4.90 Å². The SMILES string of the molecule is CCC1COCCN1CCCCC(C)(C)C(=N)N. The van der Waals surface area contributed by atoms with Gasteiger partial charge in [0.25, 0.3) is 0 Å². The summed E-state index contributed by atoms with van der Waals surface area (Å²) in [6.45, 7) is 10.3. The second-order valence-electron chi connectivity index (χ2n) is 5.93. The van der Waals surface area contributed by atoms with Gasteiger partial charge in [-0.25, -0.2) is 0 Å². The molecule has 1 rings (SSSR count). The molecule has 0 aromatic rings. The van der Waals surface area contributed by atoms with E-state index in [1.54, 1.807) is 0 Å². The first-order valence-corrected chi connectivity index (χ1v) is 7.13. The minimum atomic E-state index is -0.144. The van der Waals surface area contributed by atoms with Crippen molar-refractivity contribution >= 4 is 5.84 Å². The molecule has 1 atom stereocenters. The topological polar surface area (TPSA) is 62.3 Å². The maximum absolute atomic E-state index is 7.54. The summed E-state index contributed by atoms with van der Waals surface area (Å²) in [7, 11) is 0. The monoisotopic (exact) mass is 255 g/mol. The van der Waals surface area contributed by atoms with Crippen molar-refractivity contribution < 1.29 is 4.74 Å². The predicted octanol–water partition coefficient (Wildman–Crippen LogP) is 2.23. The molecule has 1 fully saturated rings. The van der Waals surface area contributed by atoms with Crippen molar-refractivity contribution in [3.8, 4) is 0 Å². The van der Waals surface area contributed by atoms with Crippen LogP contribution in [0.2, 0.25) is 0 Å². The number of hydrogen-bond acceptors (Lipinski definition) is 3. The Morgan fingerprint density at radius 1 is 1.44 bits per heavy atom. The molecule has 0 radical (unpaired) electrons. The number of rotatable bonds is 7. The second-order valence-corrected chi connectivity index (χ2v) is 5.93. The van der Waals surface area contributed by atoms with E-state index in [1.165, 1.54) is 12.8 Å². The number of nitrogens with one attached hydrogen (secondary N) is 1. The van der Waals surface area contributed by atoms with Gasteiger partial charge in [-0.1, -0.05) is 27.2 Å². The number of nitrogens with two attached hydrogens (primary N) is 1. The third kappa shape index (κ3) is 4.58. The van der Waals surface area contributed by atoms with Gasteiger partial charge in [-0.15, -0.1) is 0 Å². The van der Waals surface area contributed by atoms with Gasteiger partial charge in [0.1, 0.15) is 0 Å². The van der Waals surface area contributed by atoms with Crippen LogP contribution in [-0.2, 0) is 4.74 Å². The van der Waals surface area contributed by atoms with Gasteiger partial charge in [0, 0.05) is 18.0 Å². The number of unbranched alkanes of at least 4 members (excludes halogenated alkanes) is 1. The van der Waals surface area contributed by atoms with Crippen molar-refractivity contribution in [2.24, 2.45) is 11.1 Å². The molecule has 1 heterocycles. The zero-order valence-corrected chi connectivity index (χ0v) is 12.2. The quantitative estimate of drug-likeness (QED) is 0.416. The maximum Gasteiger partial charge on any atom is 0.0963 e. The highest BCUT2D eigenvalue weighted by atomic mass is 16.5. The summed E-state index contributed by atoms with van der Waals surface area (Å²) < 4.78 is 5.51. The lowest BCUT2D eigenvalue weighted by molar-refractivity contribution is -0.00931. The highest BCUT2D eigenvalue weighted by molar-refractivity contribution is 5.82. The van der Waals surface area contributed by atoms with Crippen LogP contribution in [0.25, 0.3) is 0 Å². The Labute approximate surface area is 111 Å². The van der Waals surface area contributed by atoms with Gasteiger partial charge >= 0.3 is 0 Å². The Morgan fingerprint density at radius 3 is 2.78 bits per heavy atom. The minimum absolute atomic E-state index is 0.144. The maximum atomic E-state index is 7.54. The summed E-state index contributed by atoms with van der Waals surface area (Å²) >= 11 is 0. The van der Waals surface area contributed by atoms with E-state index in [0.717, 1.165) is 39.1 Å². The molecule has 1 unspecified atom stereocenters. The summed E-state index contributed by atoms with van der Waals surface area (Å²) in [5, 5.41) is 7.54. The molecule has 1 aliphatic heterocycles. The molecule has 0 saturated carbocycles. The van der Waals surface area contributed by atoms with Crippen molar-refractivity contribution in [1.29, 1.82) is 5.41 Å². The summed E-state index contributed by atoms with van der Waals surface area (Å²) in [5.74, 6) is 0.306. The van der Waals surface area contributed by atoms with Crippen LogP contribution in [0, 0.1) is 10.8 Å². The first kappa shape index (κ1) is 15.4. The van der Waals surface area contributed by atoms with E-state index in [9.17, 15) is 0 Å². The largest absolute Gasteiger partial charge is 0.387 e. The molecule has 0 amide bonds. The lowest BCUT2D eigenvalue weighted by Gasteiger charge is -2.35. The van der Waals surface area contributed by atoms with Crippen LogP contribution in [0.4, 0.5) is 0 Å². The number of amidine groups is 1. The highest BCUT2D eigenvalue weighted by Crippen LogP contribution is 2.23. The third-order valence-electron chi connectivity index (χ3n) is 4.05. The smallest absolute Gasteiger partial charge is 0.0963 e. The minimum Gasteiger partial charge on any atom is -0.387 e. The number of hydrogen-bond donors (Lipinski definition) is 2. The summed E-state index contributed by atoms with van der Waals surface area (Å²) in [6.07, 6.45) is 4.50. The average Bonchev–Trinajstić information content (AvgIpc) is 2.35. The van der Waals surface area contributed by atoms with Crippen molar-refractivity contribution in [2.75, 3.05) is 26.3 Å². The summed E-state index contributed by atoms with van der Waals surface area (Å²) in [5.41, 5.74) is 5.45. The fourth-order valence-corrected chi connectivity index (χ4v) is 2.38. The first-order valence-electron chi connectivity index (χ1n) is 7.13. The van der Waals surface area contributed by atoms with E-state index >= 15 is 0 Å². The van der Waals surface area contributed by atoms with Gasteiger partial charge in [0.05, 0.1) is 19.0 Å². The molecule has 0 spiro atoms. The van der Waals surface area contributed by atoms with Gasteiger partial charge in [0.2, 0.25) is 0 Å². The summed E-state index contributed by atoms with van der Waals surface area (Å²) in [6, 6.07) is 0.597. The zero-order chi connectivity index (χ0) is 13.6. The molecule has 0 aliphatic carbocycles. The highest BCUT2D eigenvalue weighted by Gasteiger charge is 2.23. The number of morpholine rings is 1. The van der Waals surface area contributed by atoms with Crippen LogP contribution in [0.1, 0.15) is 46.5 Å².